The Labute approximate surface area is 114 Å². The molecular weight excluding hydrogens is 264 g/mol. The molecule has 1 aromatic carbocycles. The summed E-state index contributed by atoms with van der Waals surface area (Å²) in [6.07, 6.45) is 0.577. The van der Waals surface area contributed by atoms with Crippen molar-refractivity contribution in [3.05, 3.63) is 39.8 Å². The van der Waals surface area contributed by atoms with Crippen LogP contribution in [0.4, 0.5) is 5.69 Å². The summed E-state index contributed by atoms with van der Waals surface area (Å²) in [4.78, 5) is 15.4. The van der Waals surface area contributed by atoms with Crippen molar-refractivity contribution in [2.45, 2.75) is 13.3 Å². The monoisotopic (exact) mass is 278 g/mol. The van der Waals surface area contributed by atoms with Gasteiger partial charge in [0.2, 0.25) is 0 Å². The van der Waals surface area contributed by atoms with Crippen molar-refractivity contribution in [2.24, 2.45) is 0 Å². The Bertz CT molecular complexity index is 595. The van der Waals surface area contributed by atoms with Crippen LogP contribution < -0.4 is 10.5 Å². The standard InChI is InChI=1S/C13H14N2O3S/c1-8-12(13(16)17)19-11(15-8)5-6-18-10-4-2-3-9(14)7-10/h2-4,7H,5-6,14H2,1H3,(H,16,17). The van der Waals surface area contributed by atoms with Crippen LogP contribution in [0.3, 0.4) is 0 Å². The molecule has 2 rings (SSSR count). The van der Waals surface area contributed by atoms with Crippen LogP contribution in [-0.2, 0) is 6.42 Å². The van der Waals surface area contributed by atoms with Crippen molar-refractivity contribution in [2.75, 3.05) is 12.3 Å². The molecule has 0 atom stereocenters. The zero-order chi connectivity index (χ0) is 13.8. The minimum atomic E-state index is -0.932. The van der Waals surface area contributed by atoms with Gasteiger partial charge in [0.05, 0.1) is 17.3 Å². The highest BCUT2D eigenvalue weighted by molar-refractivity contribution is 7.13. The molecule has 1 heterocycles. The van der Waals surface area contributed by atoms with Gasteiger partial charge in [0.15, 0.2) is 0 Å². The van der Waals surface area contributed by atoms with Crippen LogP contribution in [0.2, 0.25) is 0 Å². The molecule has 5 nitrogen and oxygen atoms in total. The number of rotatable bonds is 5. The molecule has 0 fully saturated rings. The number of benzene rings is 1. The van der Waals surface area contributed by atoms with E-state index < -0.39 is 5.97 Å². The molecule has 0 unspecified atom stereocenters. The minimum absolute atomic E-state index is 0.291. The first-order valence-electron chi connectivity index (χ1n) is 5.74. The van der Waals surface area contributed by atoms with Gasteiger partial charge in [0.1, 0.15) is 10.6 Å². The van der Waals surface area contributed by atoms with E-state index in [1.54, 1.807) is 19.1 Å². The maximum atomic E-state index is 10.9. The summed E-state index contributed by atoms with van der Waals surface area (Å²) in [7, 11) is 0. The fraction of sp³-hybridized carbons (Fsp3) is 0.231. The first kappa shape index (κ1) is 13.4. The van der Waals surface area contributed by atoms with E-state index in [0.717, 1.165) is 5.01 Å². The van der Waals surface area contributed by atoms with Gasteiger partial charge in [0.25, 0.3) is 0 Å². The van der Waals surface area contributed by atoms with Crippen molar-refractivity contribution >= 4 is 23.0 Å². The highest BCUT2D eigenvalue weighted by Crippen LogP contribution is 2.19. The Morgan fingerprint density at radius 2 is 2.32 bits per heavy atom. The van der Waals surface area contributed by atoms with Gasteiger partial charge >= 0.3 is 5.97 Å². The number of aromatic nitrogens is 1. The molecule has 2 aromatic rings. The van der Waals surface area contributed by atoms with Crippen LogP contribution in [0, 0.1) is 6.92 Å². The van der Waals surface area contributed by atoms with E-state index in [9.17, 15) is 4.79 Å². The maximum absolute atomic E-state index is 10.9. The van der Waals surface area contributed by atoms with Crippen LogP contribution in [0.25, 0.3) is 0 Å². The molecule has 1 aromatic heterocycles. The Morgan fingerprint density at radius 3 is 2.95 bits per heavy atom. The molecule has 0 saturated heterocycles. The van der Waals surface area contributed by atoms with Gasteiger partial charge in [-0.25, -0.2) is 9.78 Å². The van der Waals surface area contributed by atoms with E-state index >= 15 is 0 Å². The summed E-state index contributed by atoms with van der Waals surface area (Å²) >= 11 is 1.19. The Balaban J connectivity index is 1.92. The average Bonchev–Trinajstić information content (AvgIpc) is 2.71. The lowest BCUT2D eigenvalue weighted by molar-refractivity contribution is 0.0701. The highest BCUT2D eigenvalue weighted by Gasteiger charge is 2.13. The van der Waals surface area contributed by atoms with Crippen molar-refractivity contribution in [3.8, 4) is 5.75 Å². The lowest BCUT2D eigenvalue weighted by Crippen LogP contribution is -2.01. The third-order valence-electron chi connectivity index (χ3n) is 2.48. The number of thiazole rings is 1. The first-order chi connectivity index (χ1) is 9.06. The predicted molar refractivity (Wildman–Crippen MR) is 73.9 cm³/mol. The quantitative estimate of drug-likeness (QED) is 0.820. The molecule has 0 bridgehead atoms. The number of nitrogens with two attached hydrogens (primary N) is 1. The van der Waals surface area contributed by atoms with E-state index in [1.165, 1.54) is 11.3 Å². The van der Waals surface area contributed by atoms with Crippen molar-refractivity contribution < 1.29 is 14.6 Å². The van der Waals surface area contributed by atoms with Gasteiger partial charge < -0.3 is 15.6 Å². The number of ether oxygens (including phenoxy) is 1. The van der Waals surface area contributed by atoms with Gasteiger partial charge in [0, 0.05) is 18.2 Å². The molecule has 100 valence electrons. The number of hydrogen-bond acceptors (Lipinski definition) is 5. The number of aryl methyl sites for hydroxylation is 1. The van der Waals surface area contributed by atoms with Crippen molar-refractivity contribution in [3.63, 3.8) is 0 Å². The molecule has 0 radical (unpaired) electrons. The van der Waals surface area contributed by atoms with Crippen LogP contribution in [0.15, 0.2) is 24.3 Å². The number of nitrogens with zero attached hydrogens (tertiary/aromatic N) is 1. The Hall–Kier alpha value is -2.08. The Kier molecular flexibility index (Phi) is 4.01. The predicted octanol–water partition coefficient (Wildman–Crippen LogP) is 2.35. The molecule has 0 spiro atoms. The fourth-order valence-electron chi connectivity index (χ4n) is 1.62. The first-order valence-corrected chi connectivity index (χ1v) is 6.56. The number of carbonyl (C=O) groups is 1. The number of carboxylic acid groups (broad SMARTS) is 1. The van der Waals surface area contributed by atoms with E-state index in [2.05, 4.69) is 4.98 Å². The minimum Gasteiger partial charge on any atom is -0.493 e. The van der Waals surface area contributed by atoms with E-state index in [-0.39, 0.29) is 0 Å². The SMILES string of the molecule is Cc1nc(CCOc2cccc(N)c2)sc1C(=O)O. The molecule has 3 N–H and O–H groups in total. The zero-order valence-corrected chi connectivity index (χ0v) is 11.2. The summed E-state index contributed by atoms with van der Waals surface area (Å²) in [5.74, 6) is -0.232. The van der Waals surface area contributed by atoms with E-state index in [0.29, 0.717) is 35.0 Å². The number of aromatic carboxylic acids is 1. The lowest BCUT2D eigenvalue weighted by Gasteiger charge is -2.05. The number of carboxylic acids is 1. The summed E-state index contributed by atoms with van der Waals surface area (Å²) in [5.41, 5.74) is 6.84. The van der Waals surface area contributed by atoms with Gasteiger partial charge in [-0.2, -0.15) is 0 Å². The number of anilines is 1. The Morgan fingerprint density at radius 1 is 1.53 bits per heavy atom. The summed E-state index contributed by atoms with van der Waals surface area (Å²) in [6, 6.07) is 7.18. The van der Waals surface area contributed by atoms with Crippen LogP contribution in [-0.4, -0.2) is 22.7 Å². The third kappa shape index (κ3) is 3.45. The molecule has 0 aliphatic heterocycles. The van der Waals surface area contributed by atoms with Crippen molar-refractivity contribution in [1.29, 1.82) is 0 Å². The highest BCUT2D eigenvalue weighted by atomic mass is 32.1. The smallest absolute Gasteiger partial charge is 0.347 e. The number of nitrogen functional groups attached to an aromatic ring is 1. The fourth-order valence-corrected chi connectivity index (χ4v) is 2.50. The lowest BCUT2D eigenvalue weighted by atomic mass is 10.3. The summed E-state index contributed by atoms with van der Waals surface area (Å²) < 4.78 is 5.54. The molecule has 19 heavy (non-hydrogen) atoms. The molecule has 0 amide bonds. The normalized spacial score (nSPS) is 10.4. The molecule has 0 saturated carbocycles. The second kappa shape index (κ2) is 5.71. The van der Waals surface area contributed by atoms with Gasteiger partial charge in [-0.1, -0.05) is 6.07 Å². The van der Waals surface area contributed by atoms with Crippen LogP contribution in [0.5, 0.6) is 5.75 Å². The van der Waals surface area contributed by atoms with Gasteiger partial charge in [-0.05, 0) is 19.1 Å². The number of hydrogen-bond donors (Lipinski definition) is 2. The molecule has 0 aliphatic rings. The second-order valence-electron chi connectivity index (χ2n) is 4.00. The topological polar surface area (TPSA) is 85.4 Å². The van der Waals surface area contributed by atoms with Crippen molar-refractivity contribution in [1.82, 2.24) is 4.98 Å². The maximum Gasteiger partial charge on any atom is 0.347 e. The van der Waals surface area contributed by atoms with Gasteiger partial charge in [-0.3, -0.25) is 0 Å². The second-order valence-corrected chi connectivity index (χ2v) is 5.08. The molecule has 0 aliphatic carbocycles. The zero-order valence-electron chi connectivity index (χ0n) is 10.4. The molecular formula is C13H14N2O3S. The third-order valence-corrected chi connectivity index (χ3v) is 3.68. The largest absolute Gasteiger partial charge is 0.493 e. The summed E-state index contributed by atoms with van der Waals surface area (Å²) in [5, 5.41) is 9.70. The molecule has 6 heteroatoms. The van der Waals surface area contributed by atoms with E-state index in [1.807, 2.05) is 12.1 Å². The van der Waals surface area contributed by atoms with Crippen LogP contribution in [0.1, 0.15) is 20.4 Å². The van der Waals surface area contributed by atoms with Crippen LogP contribution >= 0.6 is 11.3 Å². The summed E-state index contributed by atoms with van der Waals surface area (Å²) in [6.45, 7) is 2.14. The van der Waals surface area contributed by atoms with Gasteiger partial charge in [-0.15, -0.1) is 11.3 Å². The average molecular weight is 278 g/mol. The van der Waals surface area contributed by atoms with E-state index in [4.69, 9.17) is 15.6 Å².